The maximum atomic E-state index is 10.2. The van der Waals surface area contributed by atoms with Crippen LogP contribution in [0.5, 0.6) is 0 Å². The van der Waals surface area contributed by atoms with Gasteiger partial charge in [0.1, 0.15) is 6.09 Å². The minimum Gasteiger partial charge on any atom is -0.530 e. The second kappa shape index (κ2) is 5.07. The zero-order valence-corrected chi connectivity index (χ0v) is 9.90. The van der Waals surface area contributed by atoms with Gasteiger partial charge in [0.2, 0.25) is 0 Å². The molecule has 0 saturated carbocycles. The molecule has 0 bridgehead atoms. The standard InChI is InChI=1S/C11H15NO2S/c1-7-4-9(6-12-11(13)14)5-8(2)10(7)15-3/h4-5,12H,6H2,1-3H3,(H,13,14)/p-1. The Morgan fingerprint density at radius 1 is 1.40 bits per heavy atom. The molecule has 82 valence electrons. The molecule has 1 aromatic carbocycles. The lowest BCUT2D eigenvalue weighted by molar-refractivity contribution is -0.251. The Kier molecular flexibility index (Phi) is 4.03. The molecule has 4 heteroatoms. The van der Waals surface area contributed by atoms with Crippen molar-refractivity contribution in [3.8, 4) is 0 Å². The number of carbonyl (C=O) groups excluding carboxylic acids is 1. The van der Waals surface area contributed by atoms with Crippen molar-refractivity contribution in [2.24, 2.45) is 0 Å². The molecule has 3 nitrogen and oxygen atoms in total. The van der Waals surface area contributed by atoms with E-state index in [2.05, 4.69) is 5.32 Å². The second-order valence-electron chi connectivity index (χ2n) is 3.40. The van der Waals surface area contributed by atoms with Crippen LogP contribution in [-0.2, 0) is 6.54 Å². The summed E-state index contributed by atoms with van der Waals surface area (Å²) in [7, 11) is 0. The van der Waals surface area contributed by atoms with Crippen molar-refractivity contribution in [1.29, 1.82) is 0 Å². The van der Waals surface area contributed by atoms with Gasteiger partial charge < -0.3 is 15.2 Å². The number of rotatable bonds is 3. The first kappa shape index (κ1) is 11.9. The third-order valence-electron chi connectivity index (χ3n) is 2.16. The van der Waals surface area contributed by atoms with E-state index in [1.54, 1.807) is 11.8 Å². The topological polar surface area (TPSA) is 52.2 Å². The maximum Gasteiger partial charge on any atom is 0.134 e. The SMILES string of the molecule is CSc1c(C)cc(CNC(=O)[O-])cc1C. The molecule has 0 aromatic heterocycles. The summed E-state index contributed by atoms with van der Waals surface area (Å²) in [5.74, 6) is 0. The maximum absolute atomic E-state index is 10.2. The highest BCUT2D eigenvalue weighted by Crippen LogP contribution is 2.25. The van der Waals surface area contributed by atoms with Crippen LogP contribution >= 0.6 is 11.8 Å². The van der Waals surface area contributed by atoms with Crippen molar-refractivity contribution in [3.63, 3.8) is 0 Å². The van der Waals surface area contributed by atoms with E-state index in [4.69, 9.17) is 0 Å². The van der Waals surface area contributed by atoms with Crippen LogP contribution in [0.2, 0.25) is 0 Å². The lowest BCUT2D eigenvalue weighted by atomic mass is 10.1. The Balaban J connectivity index is 2.88. The second-order valence-corrected chi connectivity index (χ2v) is 4.22. The predicted molar refractivity (Wildman–Crippen MR) is 59.9 cm³/mol. The monoisotopic (exact) mass is 224 g/mol. The summed E-state index contributed by atoms with van der Waals surface area (Å²) >= 11 is 1.71. The quantitative estimate of drug-likeness (QED) is 0.791. The van der Waals surface area contributed by atoms with Crippen molar-refractivity contribution >= 4 is 17.9 Å². The molecule has 0 radical (unpaired) electrons. The number of carbonyl (C=O) groups is 1. The van der Waals surface area contributed by atoms with E-state index in [1.165, 1.54) is 16.0 Å². The molecule has 0 atom stereocenters. The smallest absolute Gasteiger partial charge is 0.134 e. The summed E-state index contributed by atoms with van der Waals surface area (Å²) < 4.78 is 0. The van der Waals surface area contributed by atoms with Crippen LogP contribution in [0.3, 0.4) is 0 Å². The first-order valence-electron chi connectivity index (χ1n) is 4.63. The Hall–Kier alpha value is -1.16. The number of amides is 1. The fraction of sp³-hybridized carbons (Fsp3) is 0.364. The summed E-state index contributed by atoms with van der Waals surface area (Å²) in [6, 6.07) is 3.99. The van der Waals surface area contributed by atoms with Crippen LogP contribution < -0.4 is 10.4 Å². The zero-order valence-electron chi connectivity index (χ0n) is 9.09. The fourth-order valence-corrected chi connectivity index (χ4v) is 2.40. The fourth-order valence-electron chi connectivity index (χ4n) is 1.64. The van der Waals surface area contributed by atoms with Crippen LogP contribution in [0.4, 0.5) is 4.79 Å². The van der Waals surface area contributed by atoms with Crippen LogP contribution in [0.15, 0.2) is 17.0 Å². The first-order valence-corrected chi connectivity index (χ1v) is 5.86. The number of benzene rings is 1. The van der Waals surface area contributed by atoms with Crippen molar-refractivity contribution in [2.75, 3.05) is 6.26 Å². The van der Waals surface area contributed by atoms with E-state index in [0.717, 1.165) is 5.56 Å². The number of hydrogen-bond acceptors (Lipinski definition) is 3. The van der Waals surface area contributed by atoms with E-state index >= 15 is 0 Å². The van der Waals surface area contributed by atoms with Crippen molar-refractivity contribution in [1.82, 2.24) is 5.32 Å². The summed E-state index contributed by atoms with van der Waals surface area (Å²) in [5, 5.41) is 12.5. The minimum absolute atomic E-state index is 0.304. The third kappa shape index (κ3) is 3.16. The van der Waals surface area contributed by atoms with E-state index in [0.29, 0.717) is 6.54 Å². The molecule has 0 saturated heterocycles. The summed E-state index contributed by atoms with van der Waals surface area (Å²) in [6.45, 7) is 4.36. The van der Waals surface area contributed by atoms with Gasteiger partial charge >= 0.3 is 0 Å². The number of nitrogens with one attached hydrogen (secondary N) is 1. The highest BCUT2D eigenvalue weighted by atomic mass is 32.2. The molecular formula is C11H14NO2S-. The number of hydrogen-bond donors (Lipinski definition) is 1. The molecule has 1 amide bonds. The molecule has 0 heterocycles. The average molecular weight is 224 g/mol. The Labute approximate surface area is 93.9 Å². The zero-order chi connectivity index (χ0) is 11.4. The molecule has 0 aliphatic rings. The molecule has 0 aliphatic heterocycles. The molecule has 0 unspecified atom stereocenters. The van der Waals surface area contributed by atoms with Gasteiger partial charge in [-0.3, -0.25) is 0 Å². The van der Waals surface area contributed by atoms with Crippen LogP contribution in [0, 0.1) is 13.8 Å². The van der Waals surface area contributed by atoms with Gasteiger partial charge in [-0.2, -0.15) is 0 Å². The van der Waals surface area contributed by atoms with Gasteiger partial charge in [0.15, 0.2) is 0 Å². The lowest BCUT2D eigenvalue weighted by Gasteiger charge is -2.12. The first-order chi connectivity index (χ1) is 7.04. The van der Waals surface area contributed by atoms with Crippen molar-refractivity contribution in [2.45, 2.75) is 25.3 Å². The van der Waals surface area contributed by atoms with Gasteiger partial charge in [-0.15, -0.1) is 11.8 Å². The van der Waals surface area contributed by atoms with Gasteiger partial charge in [0, 0.05) is 11.4 Å². The summed E-state index contributed by atoms with van der Waals surface area (Å²) in [5.41, 5.74) is 3.32. The highest BCUT2D eigenvalue weighted by molar-refractivity contribution is 7.98. The molecular weight excluding hydrogens is 210 g/mol. The van der Waals surface area contributed by atoms with E-state index < -0.39 is 6.09 Å². The molecule has 1 rings (SSSR count). The average Bonchev–Trinajstić information content (AvgIpc) is 2.14. The van der Waals surface area contributed by atoms with Crippen LogP contribution in [-0.4, -0.2) is 12.3 Å². The van der Waals surface area contributed by atoms with Gasteiger partial charge in [-0.25, -0.2) is 0 Å². The third-order valence-corrected chi connectivity index (χ3v) is 3.21. The minimum atomic E-state index is -1.24. The molecule has 1 aromatic rings. The van der Waals surface area contributed by atoms with Crippen molar-refractivity contribution < 1.29 is 9.90 Å². The number of aryl methyl sites for hydroxylation is 2. The predicted octanol–water partition coefficient (Wildman–Crippen LogP) is 1.46. The largest absolute Gasteiger partial charge is 0.530 e. The molecule has 15 heavy (non-hydrogen) atoms. The van der Waals surface area contributed by atoms with Gasteiger partial charge in [-0.1, -0.05) is 12.1 Å². The van der Waals surface area contributed by atoms with E-state index in [1.807, 2.05) is 32.2 Å². The van der Waals surface area contributed by atoms with Gasteiger partial charge in [-0.05, 0) is 36.8 Å². The van der Waals surface area contributed by atoms with Gasteiger partial charge in [0.05, 0.1) is 0 Å². The lowest BCUT2D eigenvalue weighted by Crippen LogP contribution is -2.35. The Bertz CT molecular complexity index is 354. The number of carboxylic acid groups (broad SMARTS) is 1. The Morgan fingerprint density at radius 3 is 2.33 bits per heavy atom. The summed E-state index contributed by atoms with van der Waals surface area (Å²) in [4.78, 5) is 11.5. The highest BCUT2D eigenvalue weighted by Gasteiger charge is 2.03. The Morgan fingerprint density at radius 2 is 1.93 bits per heavy atom. The summed E-state index contributed by atoms with van der Waals surface area (Å²) in [6.07, 6.45) is 0.799. The normalized spacial score (nSPS) is 10.1. The van der Waals surface area contributed by atoms with Crippen LogP contribution in [0.25, 0.3) is 0 Å². The van der Waals surface area contributed by atoms with E-state index in [9.17, 15) is 9.90 Å². The van der Waals surface area contributed by atoms with Crippen molar-refractivity contribution in [3.05, 3.63) is 28.8 Å². The molecule has 0 spiro atoms. The molecule has 0 aliphatic carbocycles. The molecule has 0 fully saturated rings. The van der Waals surface area contributed by atoms with Gasteiger partial charge in [0.25, 0.3) is 0 Å². The molecule has 1 N–H and O–H groups in total. The number of thioether (sulfide) groups is 1. The van der Waals surface area contributed by atoms with E-state index in [-0.39, 0.29) is 0 Å². The van der Waals surface area contributed by atoms with Crippen LogP contribution in [0.1, 0.15) is 16.7 Å².